The number of piperidine rings is 1. The normalized spacial score (nSPS) is 17.7. The maximum absolute atomic E-state index is 12.2. The highest BCUT2D eigenvalue weighted by molar-refractivity contribution is 5.76. The Morgan fingerprint density at radius 1 is 1.33 bits per heavy atom. The van der Waals surface area contributed by atoms with E-state index in [1.54, 1.807) is 19.2 Å². The Kier molecular flexibility index (Phi) is 5.62. The van der Waals surface area contributed by atoms with Gasteiger partial charge in [0.2, 0.25) is 5.91 Å². The Hall–Kier alpha value is -1.55. The van der Waals surface area contributed by atoms with Crippen LogP contribution in [0, 0.1) is 5.92 Å². The number of carbonyl (C=O) groups excluding carboxylic acids is 1. The monoisotopic (exact) mass is 291 g/mol. The minimum Gasteiger partial charge on any atom is -0.508 e. The zero-order valence-electron chi connectivity index (χ0n) is 12.9. The molecule has 1 amide bonds. The molecule has 0 bridgehead atoms. The summed E-state index contributed by atoms with van der Waals surface area (Å²) in [5.74, 6) is 1.31. The number of phenolic OH excluding ortho intramolecular Hbond substituents is 1. The molecule has 1 unspecified atom stereocenters. The predicted octanol–water partition coefficient (Wildman–Crippen LogP) is 2.77. The van der Waals surface area contributed by atoms with Crippen molar-refractivity contribution in [2.75, 3.05) is 26.8 Å². The van der Waals surface area contributed by atoms with E-state index in [0.717, 1.165) is 25.9 Å². The summed E-state index contributed by atoms with van der Waals surface area (Å²) in [6, 6.07) is 7.44. The molecule has 0 aliphatic carbocycles. The Balaban J connectivity index is 1.82. The van der Waals surface area contributed by atoms with Crippen molar-refractivity contribution in [1.82, 2.24) is 4.90 Å². The average molecular weight is 291 g/mol. The van der Waals surface area contributed by atoms with Gasteiger partial charge in [-0.15, -0.1) is 0 Å². The second kappa shape index (κ2) is 7.46. The molecule has 1 fully saturated rings. The van der Waals surface area contributed by atoms with Gasteiger partial charge in [0.1, 0.15) is 5.75 Å². The van der Waals surface area contributed by atoms with Crippen LogP contribution in [0.4, 0.5) is 0 Å². The van der Waals surface area contributed by atoms with Crippen LogP contribution in [0.5, 0.6) is 5.75 Å². The first-order chi connectivity index (χ1) is 10.1. The summed E-state index contributed by atoms with van der Waals surface area (Å²) in [5, 5.41) is 9.33. The lowest BCUT2D eigenvalue weighted by Gasteiger charge is -2.33. The van der Waals surface area contributed by atoms with Crippen molar-refractivity contribution >= 4 is 5.91 Å². The van der Waals surface area contributed by atoms with Crippen molar-refractivity contribution in [2.45, 2.75) is 32.1 Å². The third-order valence-corrected chi connectivity index (χ3v) is 4.19. The molecule has 2 rings (SSSR count). The van der Waals surface area contributed by atoms with Crippen molar-refractivity contribution in [3.63, 3.8) is 0 Å². The minimum absolute atomic E-state index is 0.240. The number of ether oxygens (including phenoxy) is 1. The van der Waals surface area contributed by atoms with Gasteiger partial charge in [-0.3, -0.25) is 4.79 Å². The van der Waals surface area contributed by atoms with E-state index in [2.05, 4.69) is 0 Å². The lowest BCUT2D eigenvalue weighted by Crippen LogP contribution is -2.38. The highest BCUT2D eigenvalue weighted by Gasteiger charge is 2.24. The summed E-state index contributed by atoms with van der Waals surface area (Å²) in [5.41, 5.74) is 1.26. The van der Waals surface area contributed by atoms with Gasteiger partial charge >= 0.3 is 0 Å². The Morgan fingerprint density at radius 2 is 1.95 bits per heavy atom. The van der Waals surface area contributed by atoms with Gasteiger partial charge in [0.15, 0.2) is 0 Å². The van der Waals surface area contributed by atoms with Gasteiger partial charge in [-0.25, -0.2) is 0 Å². The second-order valence-corrected chi connectivity index (χ2v) is 6.01. The van der Waals surface area contributed by atoms with Crippen LogP contribution in [-0.2, 0) is 9.53 Å². The second-order valence-electron chi connectivity index (χ2n) is 6.01. The van der Waals surface area contributed by atoms with Gasteiger partial charge < -0.3 is 14.7 Å². The molecular formula is C17H25NO3. The van der Waals surface area contributed by atoms with Crippen LogP contribution in [0.15, 0.2) is 24.3 Å². The van der Waals surface area contributed by atoms with E-state index in [4.69, 9.17) is 4.74 Å². The summed E-state index contributed by atoms with van der Waals surface area (Å²) in [4.78, 5) is 14.2. The highest BCUT2D eigenvalue weighted by atomic mass is 16.5. The number of benzene rings is 1. The Labute approximate surface area is 126 Å². The third kappa shape index (κ3) is 4.46. The first-order valence-corrected chi connectivity index (χ1v) is 7.65. The van der Waals surface area contributed by atoms with Gasteiger partial charge in [0.05, 0.1) is 0 Å². The molecule has 4 heteroatoms. The standard InChI is InChI=1S/C17H25NO3/c1-13(12-21-2)11-17(20)18-9-7-15(8-10-18)14-3-5-16(19)6-4-14/h3-6,13,15,19H,7-12H2,1-2H3. The molecule has 1 heterocycles. The molecular weight excluding hydrogens is 266 g/mol. The first-order valence-electron chi connectivity index (χ1n) is 7.65. The predicted molar refractivity (Wildman–Crippen MR) is 82.3 cm³/mol. The quantitative estimate of drug-likeness (QED) is 0.907. The van der Waals surface area contributed by atoms with Crippen LogP contribution in [-0.4, -0.2) is 42.7 Å². The lowest BCUT2D eigenvalue weighted by molar-refractivity contribution is -0.133. The number of methoxy groups -OCH3 is 1. The van der Waals surface area contributed by atoms with E-state index in [9.17, 15) is 9.90 Å². The van der Waals surface area contributed by atoms with Crippen LogP contribution >= 0.6 is 0 Å². The van der Waals surface area contributed by atoms with E-state index < -0.39 is 0 Å². The summed E-state index contributed by atoms with van der Waals surface area (Å²) in [6.45, 7) is 4.33. The summed E-state index contributed by atoms with van der Waals surface area (Å²) < 4.78 is 5.09. The van der Waals surface area contributed by atoms with Gasteiger partial charge in [-0.1, -0.05) is 19.1 Å². The number of aromatic hydroxyl groups is 1. The molecule has 0 aromatic heterocycles. The Bertz CT molecular complexity index is 450. The molecule has 1 aliphatic rings. The number of phenols is 1. The van der Waals surface area contributed by atoms with E-state index >= 15 is 0 Å². The van der Waals surface area contributed by atoms with Crippen molar-refractivity contribution in [2.24, 2.45) is 5.92 Å². The number of rotatable bonds is 5. The van der Waals surface area contributed by atoms with E-state index in [-0.39, 0.29) is 11.8 Å². The first kappa shape index (κ1) is 15.8. The molecule has 21 heavy (non-hydrogen) atoms. The summed E-state index contributed by atoms with van der Waals surface area (Å²) in [6.07, 6.45) is 2.56. The van der Waals surface area contributed by atoms with Crippen LogP contribution in [0.1, 0.15) is 37.7 Å². The third-order valence-electron chi connectivity index (χ3n) is 4.19. The minimum atomic E-state index is 0.240. The van der Waals surface area contributed by atoms with Gasteiger partial charge in [-0.05, 0) is 42.4 Å². The van der Waals surface area contributed by atoms with Gasteiger partial charge in [0, 0.05) is 33.2 Å². The lowest BCUT2D eigenvalue weighted by atomic mass is 9.89. The van der Waals surface area contributed by atoms with E-state index in [1.165, 1.54) is 5.56 Å². The molecule has 1 aromatic carbocycles. The van der Waals surface area contributed by atoms with Crippen molar-refractivity contribution in [3.8, 4) is 5.75 Å². The number of hydrogen-bond acceptors (Lipinski definition) is 3. The largest absolute Gasteiger partial charge is 0.508 e. The van der Waals surface area contributed by atoms with E-state index in [0.29, 0.717) is 24.7 Å². The fraction of sp³-hybridized carbons (Fsp3) is 0.588. The van der Waals surface area contributed by atoms with Gasteiger partial charge in [0.25, 0.3) is 0 Å². The molecule has 1 aromatic rings. The van der Waals surface area contributed by atoms with Crippen LogP contribution in [0.3, 0.4) is 0 Å². The maximum Gasteiger partial charge on any atom is 0.222 e. The molecule has 0 spiro atoms. The molecule has 0 radical (unpaired) electrons. The van der Waals surface area contributed by atoms with Crippen LogP contribution in [0.25, 0.3) is 0 Å². The highest BCUT2D eigenvalue weighted by Crippen LogP contribution is 2.29. The zero-order chi connectivity index (χ0) is 15.2. The number of hydrogen-bond donors (Lipinski definition) is 1. The maximum atomic E-state index is 12.2. The fourth-order valence-electron chi connectivity index (χ4n) is 2.98. The summed E-state index contributed by atoms with van der Waals surface area (Å²) in [7, 11) is 1.67. The van der Waals surface area contributed by atoms with Crippen molar-refractivity contribution in [1.29, 1.82) is 0 Å². The number of carbonyl (C=O) groups is 1. The van der Waals surface area contributed by atoms with E-state index in [1.807, 2.05) is 24.0 Å². The fourth-order valence-corrected chi connectivity index (χ4v) is 2.98. The molecule has 0 saturated carbocycles. The number of nitrogens with zero attached hydrogens (tertiary/aromatic N) is 1. The number of likely N-dealkylation sites (tertiary alicyclic amines) is 1. The van der Waals surface area contributed by atoms with Crippen molar-refractivity contribution in [3.05, 3.63) is 29.8 Å². The molecule has 1 N–H and O–H groups in total. The smallest absolute Gasteiger partial charge is 0.222 e. The van der Waals surface area contributed by atoms with Crippen LogP contribution < -0.4 is 0 Å². The molecule has 1 saturated heterocycles. The van der Waals surface area contributed by atoms with Gasteiger partial charge in [-0.2, -0.15) is 0 Å². The summed E-state index contributed by atoms with van der Waals surface area (Å²) >= 11 is 0. The molecule has 116 valence electrons. The zero-order valence-corrected chi connectivity index (χ0v) is 12.9. The molecule has 4 nitrogen and oxygen atoms in total. The Morgan fingerprint density at radius 3 is 2.52 bits per heavy atom. The SMILES string of the molecule is COCC(C)CC(=O)N1CCC(c2ccc(O)cc2)CC1. The van der Waals surface area contributed by atoms with Crippen LogP contribution in [0.2, 0.25) is 0 Å². The molecule has 1 aliphatic heterocycles. The number of amides is 1. The molecule has 1 atom stereocenters. The van der Waals surface area contributed by atoms with Crippen molar-refractivity contribution < 1.29 is 14.6 Å². The topological polar surface area (TPSA) is 49.8 Å². The average Bonchev–Trinajstić information content (AvgIpc) is 2.48.